The van der Waals surface area contributed by atoms with Gasteiger partial charge in [-0.05, 0) is 45.4 Å². The molecule has 1 saturated heterocycles. The molecule has 1 aliphatic rings. The van der Waals surface area contributed by atoms with E-state index in [0.29, 0.717) is 35.9 Å². The van der Waals surface area contributed by atoms with Gasteiger partial charge >= 0.3 is 0 Å². The molecule has 0 bridgehead atoms. The van der Waals surface area contributed by atoms with Crippen molar-refractivity contribution in [2.24, 2.45) is 0 Å². The van der Waals surface area contributed by atoms with Gasteiger partial charge in [-0.2, -0.15) is 0 Å². The molecule has 0 saturated carbocycles. The Labute approximate surface area is 138 Å². The number of benzene rings is 1. The molecule has 1 aliphatic heterocycles. The van der Waals surface area contributed by atoms with Gasteiger partial charge in [0.25, 0.3) is 0 Å². The van der Waals surface area contributed by atoms with Gasteiger partial charge in [0, 0.05) is 25.2 Å². The highest BCUT2D eigenvalue weighted by atomic mass is 16.5. The lowest BCUT2D eigenvalue weighted by molar-refractivity contribution is -0.0686. The third-order valence-corrected chi connectivity index (χ3v) is 3.94. The van der Waals surface area contributed by atoms with Crippen molar-refractivity contribution in [3.05, 3.63) is 23.8 Å². The third-order valence-electron chi connectivity index (χ3n) is 3.94. The first-order valence-electron chi connectivity index (χ1n) is 8.19. The summed E-state index contributed by atoms with van der Waals surface area (Å²) in [6, 6.07) is 5.29. The van der Waals surface area contributed by atoms with Crippen molar-refractivity contribution in [2.45, 2.75) is 39.4 Å². The first-order valence-corrected chi connectivity index (χ1v) is 8.19. The van der Waals surface area contributed by atoms with E-state index >= 15 is 0 Å². The van der Waals surface area contributed by atoms with Gasteiger partial charge in [-0.15, -0.1) is 0 Å². The Morgan fingerprint density at radius 2 is 1.96 bits per heavy atom. The molecular formula is C18H27NO4. The molecule has 1 aromatic carbocycles. The van der Waals surface area contributed by atoms with E-state index in [1.807, 2.05) is 0 Å². The van der Waals surface area contributed by atoms with Crippen LogP contribution in [0.2, 0.25) is 0 Å². The predicted molar refractivity (Wildman–Crippen MR) is 89.6 cm³/mol. The number of hydrogen-bond acceptors (Lipinski definition) is 5. The van der Waals surface area contributed by atoms with Crippen LogP contribution in [0.5, 0.6) is 11.5 Å². The summed E-state index contributed by atoms with van der Waals surface area (Å²) in [5.74, 6) is 1.30. The summed E-state index contributed by atoms with van der Waals surface area (Å²) in [7, 11) is 1.59. The molecule has 1 aromatic rings. The minimum Gasteiger partial charge on any atom is -0.493 e. The van der Waals surface area contributed by atoms with Gasteiger partial charge in [0.15, 0.2) is 17.3 Å². The second kappa shape index (κ2) is 8.31. The van der Waals surface area contributed by atoms with E-state index in [1.54, 1.807) is 32.2 Å². The zero-order chi connectivity index (χ0) is 16.8. The maximum absolute atomic E-state index is 11.4. The summed E-state index contributed by atoms with van der Waals surface area (Å²) in [5.41, 5.74) is 0.630. The average Bonchev–Trinajstić information content (AvgIpc) is 2.50. The van der Waals surface area contributed by atoms with Crippen LogP contribution in [0.3, 0.4) is 0 Å². The first kappa shape index (κ1) is 17.8. The van der Waals surface area contributed by atoms with Crippen LogP contribution in [0.15, 0.2) is 18.2 Å². The molecule has 23 heavy (non-hydrogen) atoms. The highest BCUT2D eigenvalue weighted by molar-refractivity contribution is 5.94. The molecule has 2 atom stereocenters. The number of Topliss-reactive ketones (excluding diaryl/α,β-unsaturated/α-hetero) is 1. The number of carbonyl (C=O) groups is 1. The molecular weight excluding hydrogens is 294 g/mol. The highest BCUT2D eigenvalue weighted by Gasteiger charge is 2.21. The van der Waals surface area contributed by atoms with Crippen molar-refractivity contribution >= 4 is 5.78 Å². The minimum atomic E-state index is 0.0189. The highest BCUT2D eigenvalue weighted by Crippen LogP contribution is 2.28. The standard InChI is InChI=1S/C18H27NO4/c1-13-11-19(12-14(2)23-13)8-5-9-22-17-7-6-16(15(3)20)10-18(17)21-4/h6-7,10,13-14H,5,8-9,11-12H2,1-4H3/t13-,14-/m1/s1. The van der Waals surface area contributed by atoms with E-state index in [-0.39, 0.29) is 5.78 Å². The van der Waals surface area contributed by atoms with E-state index in [9.17, 15) is 4.79 Å². The quantitative estimate of drug-likeness (QED) is 0.571. The van der Waals surface area contributed by atoms with Gasteiger partial charge in [-0.1, -0.05) is 0 Å². The summed E-state index contributed by atoms with van der Waals surface area (Å²) in [6.07, 6.45) is 1.52. The fourth-order valence-corrected chi connectivity index (χ4v) is 2.94. The number of ketones is 1. The number of carbonyl (C=O) groups excluding carboxylic acids is 1. The van der Waals surface area contributed by atoms with E-state index in [2.05, 4.69) is 18.7 Å². The SMILES string of the molecule is COc1cc(C(C)=O)ccc1OCCCN1C[C@@H](C)O[C@H](C)C1. The van der Waals surface area contributed by atoms with E-state index in [0.717, 1.165) is 26.1 Å². The number of methoxy groups -OCH3 is 1. The lowest BCUT2D eigenvalue weighted by atomic mass is 10.1. The van der Waals surface area contributed by atoms with Crippen LogP contribution in [0.4, 0.5) is 0 Å². The van der Waals surface area contributed by atoms with Crippen molar-refractivity contribution in [3.63, 3.8) is 0 Å². The van der Waals surface area contributed by atoms with Crippen molar-refractivity contribution in [1.82, 2.24) is 4.90 Å². The van der Waals surface area contributed by atoms with Crippen molar-refractivity contribution in [3.8, 4) is 11.5 Å². The van der Waals surface area contributed by atoms with Crippen molar-refractivity contribution < 1.29 is 19.0 Å². The molecule has 5 nitrogen and oxygen atoms in total. The number of morpholine rings is 1. The van der Waals surface area contributed by atoms with Crippen molar-refractivity contribution in [2.75, 3.05) is 33.4 Å². The number of hydrogen-bond donors (Lipinski definition) is 0. The molecule has 128 valence electrons. The monoisotopic (exact) mass is 321 g/mol. The first-order chi connectivity index (χ1) is 11.0. The predicted octanol–water partition coefficient (Wildman–Crippen LogP) is 2.78. The Balaban J connectivity index is 1.81. The summed E-state index contributed by atoms with van der Waals surface area (Å²) in [4.78, 5) is 13.8. The lowest BCUT2D eigenvalue weighted by Crippen LogP contribution is -2.45. The molecule has 0 aromatic heterocycles. The number of rotatable bonds is 7. The Morgan fingerprint density at radius 3 is 2.57 bits per heavy atom. The molecule has 0 spiro atoms. The molecule has 1 heterocycles. The molecule has 0 unspecified atom stereocenters. The fourth-order valence-electron chi connectivity index (χ4n) is 2.94. The van der Waals surface area contributed by atoms with Gasteiger partial charge in [0.2, 0.25) is 0 Å². The molecule has 1 fully saturated rings. The van der Waals surface area contributed by atoms with Gasteiger partial charge < -0.3 is 14.2 Å². The summed E-state index contributed by atoms with van der Waals surface area (Å²) in [5, 5.41) is 0. The topological polar surface area (TPSA) is 48.0 Å². The summed E-state index contributed by atoms with van der Waals surface area (Å²) < 4.78 is 16.9. The average molecular weight is 321 g/mol. The normalized spacial score (nSPS) is 21.9. The zero-order valence-corrected chi connectivity index (χ0v) is 14.5. The van der Waals surface area contributed by atoms with Crippen LogP contribution in [0.1, 0.15) is 37.6 Å². The zero-order valence-electron chi connectivity index (χ0n) is 14.5. The second-order valence-corrected chi connectivity index (χ2v) is 6.14. The molecule has 0 N–H and O–H groups in total. The maximum Gasteiger partial charge on any atom is 0.161 e. The Bertz CT molecular complexity index is 522. The fraction of sp³-hybridized carbons (Fsp3) is 0.611. The summed E-state index contributed by atoms with van der Waals surface area (Å²) >= 11 is 0. The molecule has 0 aliphatic carbocycles. The van der Waals surface area contributed by atoms with Gasteiger partial charge in [-0.3, -0.25) is 9.69 Å². The second-order valence-electron chi connectivity index (χ2n) is 6.14. The van der Waals surface area contributed by atoms with E-state index in [1.165, 1.54) is 0 Å². The molecule has 0 amide bonds. The summed E-state index contributed by atoms with van der Waals surface area (Å²) in [6.45, 7) is 9.32. The molecule has 5 heteroatoms. The van der Waals surface area contributed by atoms with Crippen LogP contribution >= 0.6 is 0 Å². The number of nitrogens with zero attached hydrogens (tertiary/aromatic N) is 1. The number of ether oxygens (including phenoxy) is 3. The van der Waals surface area contributed by atoms with Crippen LogP contribution in [0.25, 0.3) is 0 Å². The van der Waals surface area contributed by atoms with Gasteiger partial charge in [0.1, 0.15) is 0 Å². The van der Waals surface area contributed by atoms with Gasteiger partial charge in [-0.25, -0.2) is 0 Å². The van der Waals surface area contributed by atoms with Crippen LogP contribution in [0, 0.1) is 0 Å². The Morgan fingerprint density at radius 1 is 1.26 bits per heavy atom. The Hall–Kier alpha value is -1.59. The third kappa shape index (κ3) is 5.22. The van der Waals surface area contributed by atoms with Crippen LogP contribution in [-0.2, 0) is 4.74 Å². The van der Waals surface area contributed by atoms with Crippen molar-refractivity contribution in [1.29, 1.82) is 0 Å². The minimum absolute atomic E-state index is 0.0189. The smallest absolute Gasteiger partial charge is 0.161 e. The van der Waals surface area contributed by atoms with Gasteiger partial charge in [0.05, 0.1) is 25.9 Å². The van der Waals surface area contributed by atoms with Crippen LogP contribution in [-0.4, -0.2) is 56.2 Å². The van der Waals surface area contributed by atoms with E-state index in [4.69, 9.17) is 14.2 Å². The molecule has 0 radical (unpaired) electrons. The lowest BCUT2D eigenvalue weighted by Gasteiger charge is -2.35. The van der Waals surface area contributed by atoms with Crippen LogP contribution < -0.4 is 9.47 Å². The van der Waals surface area contributed by atoms with E-state index < -0.39 is 0 Å². The molecule has 2 rings (SSSR count). The Kier molecular flexibility index (Phi) is 6.42. The maximum atomic E-state index is 11.4. The largest absolute Gasteiger partial charge is 0.493 e.